The average molecular weight is 350 g/mol. The van der Waals surface area contributed by atoms with Gasteiger partial charge in [-0.2, -0.15) is 0 Å². The number of anilines is 1. The van der Waals surface area contributed by atoms with Crippen molar-refractivity contribution in [3.8, 4) is 0 Å². The van der Waals surface area contributed by atoms with Crippen LogP contribution in [0.1, 0.15) is 6.23 Å². The van der Waals surface area contributed by atoms with Crippen LogP contribution >= 0.6 is 0 Å². The molecular formula is C15H22N6O4. The molecule has 4 rings (SSSR count). The van der Waals surface area contributed by atoms with Gasteiger partial charge in [-0.05, 0) is 7.05 Å². The summed E-state index contributed by atoms with van der Waals surface area (Å²) in [4.78, 5) is 17.5. The predicted molar refractivity (Wildman–Crippen MR) is 88.0 cm³/mol. The molecule has 0 aromatic carbocycles. The summed E-state index contributed by atoms with van der Waals surface area (Å²) >= 11 is 0. The lowest BCUT2D eigenvalue weighted by Crippen LogP contribution is -2.44. The van der Waals surface area contributed by atoms with Crippen molar-refractivity contribution in [2.45, 2.75) is 24.5 Å². The highest BCUT2D eigenvalue weighted by Crippen LogP contribution is 2.32. The molecule has 0 spiro atoms. The van der Waals surface area contributed by atoms with Crippen molar-refractivity contribution in [3.05, 3.63) is 12.7 Å². The van der Waals surface area contributed by atoms with Crippen molar-refractivity contribution in [2.24, 2.45) is 0 Å². The molecule has 0 bridgehead atoms. The minimum atomic E-state index is -1.17. The Morgan fingerprint density at radius 1 is 1.12 bits per heavy atom. The van der Waals surface area contributed by atoms with Gasteiger partial charge in [0.1, 0.15) is 24.6 Å². The number of rotatable bonds is 3. The van der Waals surface area contributed by atoms with Gasteiger partial charge in [0.15, 0.2) is 23.2 Å². The monoisotopic (exact) mass is 350 g/mol. The van der Waals surface area contributed by atoms with E-state index in [1.807, 2.05) is 0 Å². The molecule has 2 aliphatic rings. The van der Waals surface area contributed by atoms with E-state index in [0.29, 0.717) is 11.2 Å². The molecule has 2 fully saturated rings. The first kappa shape index (κ1) is 16.6. The number of hydrogen-bond donors (Lipinski definition) is 3. The highest BCUT2D eigenvalue weighted by Gasteiger charge is 2.44. The second-order valence-corrected chi connectivity index (χ2v) is 6.54. The number of aliphatic hydroxyl groups is 3. The first-order chi connectivity index (χ1) is 12.1. The summed E-state index contributed by atoms with van der Waals surface area (Å²) in [6, 6.07) is 0. The Labute approximate surface area is 144 Å². The van der Waals surface area contributed by atoms with Gasteiger partial charge >= 0.3 is 0 Å². The number of aromatic nitrogens is 4. The van der Waals surface area contributed by atoms with Gasteiger partial charge in [-0.3, -0.25) is 4.57 Å². The molecule has 4 atom stereocenters. The van der Waals surface area contributed by atoms with Crippen LogP contribution in [0.4, 0.5) is 5.82 Å². The number of hydrogen-bond acceptors (Lipinski definition) is 9. The van der Waals surface area contributed by atoms with Crippen LogP contribution in [0.15, 0.2) is 12.7 Å². The quantitative estimate of drug-likeness (QED) is 0.588. The molecule has 2 aliphatic heterocycles. The van der Waals surface area contributed by atoms with Crippen molar-refractivity contribution in [3.63, 3.8) is 0 Å². The smallest absolute Gasteiger partial charge is 0.167 e. The van der Waals surface area contributed by atoms with Gasteiger partial charge in [0, 0.05) is 26.2 Å². The van der Waals surface area contributed by atoms with Crippen molar-refractivity contribution < 1.29 is 20.1 Å². The fourth-order valence-corrected chi connectivity index (χ4v) is 3.39. The zero-order chi connectivity index (χ0) is 17.6. The molecule has 0 unspecified atom stereocenters. The largest absolute Gasteiger partial charge is 0.394 e. The van der Waals surface area contributed by atoms with Gasteiger partial charge in [0.2, 0.25) is 0 Å². The third-order valence-electron chi connectivity index (χ3n) is 4.93. The zero-order valence-corrected chi connectivity index (χ0v) is 13.9. The Bertz CT molecular complexity index is 747. The van der Waals surface area contributed by atoms with Crippen LogP contribution in [-0.2, 0) is 4.74 Å². The predicted octanol–water partition coefficient (Wildman–Crippen LogP) is -1.81. The average Bonchev–Trinajstić information content (AvgIpc) is 3.17. The van der Waals surface area contributed by atoms with Gasteiger partial charge in [-0.15, -0.1) is 0 Å². The van der Waals surface area contributed by atoms with E-state index in [2.05, 4.69) is 31.8 Å². The lowest BCUT2D eigenvalue weighted by Gasteiger charge is -2.33. The molecular weight excluding hydrogens is 328 g/mol. The van der Waals surface area contributed by atoms with Crippen molar-refractivity contribution in [1.82, 2.24) is 24.4 Å². The Morgan fingerprint density at radius 3 is 2.56 bits per heavy atom. The number of likely N-dealkylation sites (N-methyl/N-ethyl adjacent to an activating group) is 1. The van der Waals surface area contributed by atoms with Gasteiger partial charge < -0.3 is 29.9 Å². The van der Waals surface area contributed by atoms with E-state index >= 15 is 0 Å². The number of piperazine rings is 1. The van der Waals surface area contributed by atoms with Crippen LogP contribution in [0.5, 0.6) is 0 Å². The van der Waals surface area contributed by atoms with E-state index in [4.69, 9.17) is 4.74 Å². The van der Waals surface area contributed by atoms with Gasteiger partial charge in [-0.25, -0.2) is 15.0 Å². The second kappa shape index (κ2) is 6.46. The van der Waals surface area contributed by atoms with Crippen LogP contribution in [0.2, 0.25) is 0 Å². The highest BCUT2D eigenvalue weighted by atomic mass is 16.6. The molecule has 4 heterocycles. The Balaban J connectivity index is 1.68. The zero-order valence-electron chi connectivity index (χ0n) is 13.9. The van der Waals surface area contributed by atoms with Crippen LogP contribution in [0, 0.1) is 0 Å². The third-order valence-corrected chi connectivity index (χ3v) is 4.93. The Hall–Kier alpha value is -1.85. The molecule has 2 aromatic heterocycles. The maximum Gasteiger partial charge on any atom is 0.167 e. The summed E-state index contributed by atoms with van der Waals surface area (Å²) in [5, 5.41) is 29.5. The molecule has 25 heavy (non-hydrogen) atoms. The topological polar surface area (TPSA) is 120 Å². The SMILES string of the molecule is CN1CCN(c2ncnc3c2ncn3[C@H]2O[C@@H](CO)[C@@H](O)[C@@H]2O)CC1. The first-order valence-electron chi connectivity index (χ1n) is 8.33. The van der Waals surface area contributed by atoms with E-state index < -0.39 is 24.5 Å². The van der Waals surface area contributed by atoms with Crippen molar-refractivity contribution >= 4 is 17.0 Å². The minimum absolute atomic E-state index is 0.372. The lowest BCUT2D eigenvalue weighted by atomic mass is 10.1. The minimum Gasteiger partial charge on any atom is -0.394 e. The van der Waals surface area contributed by atoms with Crippen LogP contribution in [0.3, 0.4) is 0 Å². The molecule has 10 heteroatoms. The number of imidazole rings is 1. The fraction of sp³-hybridized carbons (Fsp3) is 0.667. The maximum atomic E-state index is 10.2. The fourth-order valence-electron chi connectivity index (χ4n) is 3.39. The summed E-state index contributed by atoms with van der Waals surface area (Å²) < 4.78 is 7.16. The molecule has 136 valence electrons. The molecule has 0 aliphatic carbocycles. The summed E-state index contributed by atoms with van der Waals surface area (Å²) in [7, 11) is 2.09. The highest BCUT2D eigenvalue weighted by molar-refractivity contribution is 5.83. The lowest BCUT2D eigenvalue weighted by molar-refractivity contribution is -0.0511. The molecule has 0 saturated carbocycles. The second-order valence-electron chi connectivity index (χ2n) is 6.54. The molecule has 10 nitrogen and oxygen atoms in total. The maximum absolute atomic E-state index is 10.2. The molecule has 0 amide bonds. The standard InChI is InChI=1S/C15H22N6O4/c1-19-2-4-20(5-3-19)13-10-14(17-7-16-13)21(8-18-10)15-12(24)11(23)9(6-22)25-15/h7-9,11-12,15,22-24H,2-6H2,1H3/t9-,11+,12-,15-/m0/s1. The normalized spacial score (nSPS) is 31.1. The molecule has 0 radical (unpaired) electrons. The Morgan fingerprint density at radius 2 is 1.88 bits per heavy atom. The summed E-state index contributed by atoms with van der Waals surface area (Å²) in [6.07, 6.45) is -1.03. The molecule has 2 aromatic rings. The Kier molecular flexibility index (Phi) is 4.29. The molecule has 2 saturated heterocycles. The van der Waals surface area contributed by atoms with E-state index in [9.17, 15) is 15.3 Å². The third kappa shape index (κ3) is 2.75. The number of fused-ring (bicyclic) bond motifs is 1. The van der Waals surface area contributed by atoms with Crippen LogP contribution in [-0.4, -0.2) is 97.9 Å². The number of ether oxygens (including phenoxy) is 1. The van der Waals surface area contributed by atoms with E-state index in [-0.39, 0.29) is 6.61 Å². The van der Waals surface area contributed by atoms with Gasteiger partial charge in [0.25, 0.3) is 0 Å². The molecule has 3 N–H and O–H groups in total. The summed E-state index contributed by atoms with van der Waals surface area (Å²) in [6.45, 7) is 3.22. The number of aliphatic hydroxyl groups excluding tert-OH is 3. The first-order valence-corrected chi connectivity index (χ1v) is 8.33. The van der Waals surface area contributed by atoms with Crippen molar-refractivity contribution in [1.29, 1.82) is 0 Å². The van der Waals surface area contributed by atoms with Crippen molar-refractivity contribution in [2.75, 3.05) is 44.7 Å². The van der Waals surface area contributed by atoms with Crippen LogP contribution in [0.25, 0.3) is 11.2 Å². The van der Waals surface area contributed by atoms with Gasteiger partial charge in [-0.1, -0.05) is 0 Å². The van der Waals surface area contributed by atoms with Crippen LogP contribution < -0.4 is 4.90 Å². The van der Waals surface area contributed by atoms with Gasteiger partial charge in [0.05, 0.1) is 12.9 Å². The summed E-state index contributed by atoms with van der Waals surface area (Å²) in [5.41, 5.74) is 1.16. The van der Waals surface area contributed by atoms with E-state index in [0.717, 1.165) is 32.0 Å². The number of nitrogens with zero attached hydrogens (tertiary/aromatic N) is 6. The van der Waals surface area contributed by atoms with E-state index in [1.165, 1.54) is 12.7 Å². The summed E-state index contributed by atoms with van der Waals surface area (Å²) in [5.74, 6) is 0.753. The van der Waals surface area contributed by atoms with E-state index in [1.54, 1.807) is 4.57 Å².